The minimum atomic E-state index is -0.947. The van der Waals surface area contributed by atoms with Crippen LogP contribution in [0.5, 0.6) is 0 Å². The van der Waals surface area contributed by atoms with E-state index in [2.05, 4.69) is 5.32 Å². The van der Waals surface area contributed by atoms with E-state index in [9.17, 15) is 9.90 Å². The minimum absolute atomic E-state index is 0. The Morgan fingerprint density at radius 1 is 1.42 bits per heavy atom. The number of nitrogens with two attached hydrogens (primary N) is 1. The first-order valence-electron chi connectivity index (χ1n) is 5.63. The standard InChI is InChI=1S/C12H14Cl2N2O2.ClH/c13-7-2-1-3-8(14)10(7)9(17)6-16-11(18)12(15)4-5-12;/h1-3,9,17H,4-6,15H2,(H,16,18);1H. The molecule has 0 radical (unpaired) electrons. The molecule has 106 valence electrons. The van der Waals surface area contributed by atoms with Crippen LogP contribution in [0.2, 0.25) is 10.0 Å². The molecule has 1 atom stereocenters. The molecule has 0 saturated heterocycles. The van der Waals surface area contributed by atoms with Crippen LogP contribution in [-0.4, -0.2) is 23.1 Å². The summed E-state index contributed by atoms with van der Waals surface area (Å²) >= 11 is 11.9. The number of aliphatic hydroxyl groups is 1. The number of amides is 1. The van der Waals surface area contributed by atoms with E-state index < -0.39 is 11.6 Å². The number of rotatable bonds is 4. The zero-order chi connectivity index (χ0) is 13.3. The van der Waals surface area contributed by atoms with E-state index in [1.54, 1.807) is 18.2 Å². The lowest BCUT2D eigenvalue weighted by atomic mass is 10.1. The minimum Gasteiger partial charge on any atom is -0.386 e. The highest BCUT2D eigenvalue weighted by Crippen LogP contribution is 2.33. The summed E-state index contributed by atoms with van der Waals surface area (Å²) in [5.74, 6) is -0.246. The second kappa shape index (κ2) is 6.29. The van der Waals surface area contributed by atoms with Gasteiger partial charge in [0.15, 0.2) is 0 Å². The van der Waals surface area contributed by atoms with Crippen LogP contribution in [0.4, 0.5) is 0 Å². The van der Waals surface area contributed by atoms with Crippen molar-refractivity contribution >= 4 is 41.5 Å². The number of hydrogen-bond acceptors (Lipinski definition) is 3. The van der Waals surface area contributed by atoms with Crippen molar-refractivity contribution in [3.63, 3.8) is 0 Å². The highest BCUT2D eigenvalue weighted by Gasteiger charge is 2.45. The lowest BCUT2D eigenvalue weighted by molar-refractivity contribution is -0.123. The zero-order valence-corrected chi connectivity index (χ0v) is 12.4. The summed E-state index contributed by atoms with van der Waals surface area (Å²) in [4.78, 5) is 11.6. The normalized spacial score (nSPS) is 17.3. The summed E-state index contributed by atoms with van der Waals surface area (Å²) < 4.78 is 0. The van der Waals surface area contributed by atoms with Crippen LogP contribution in [0.25, 0.3) is 0 Å². The van der Waals surface area contributed by atoms with Gasteiger partial charge in [-0.1, -0.05) is 29.3 Å². The van der Waals surface area contributed by atoms with E-state index in [1.807, 2.05) is 0 Å². The fourth-order valence-electron chi connectivity index (χ4n) is 1.66. The van der Waals surface area contributed by atoms with Crippen molar-refractivity contribution < 1.29 is 9.90 Å². The third-order valence-corrected chi connectivity index (χ3v) is 3.69. The summed E-state index contributed by atoms with van der Waals surface area (Å²) in [5.41, 5.74) is 5.40. The van der Waals surface area contributed by atoms with Gasteiger partial charge < -0.3 is 16.2 Å². The van der Waals surface area contributed by atoms with Crippen LogP contribution in [-0.2, 0) is 4.79 Å². The Balaban J connectivity index is 0.00000180. The van der Waals surface area contributed by atoms with Crippen LogP contribution in [0.1, 0.15) is 24.5 Å². The SMILES string of the molecule is Cl.NC1(C(=O)NCC(O)c2c(Cl)cccc2Cl)CC1. The highest BCUT2D eigenvalue weighted by atomic mass is 35.5. The zero-order valence-electron chi connectivity index (χ0n) is 10.0. The van der Waals surface area contributed by atoms with E-state index in [-0.39, 0.29) is 24.9 Å². The summed E-state index contributed by atoms with van der Waals surface area (Å²) in [6, 6.07) is 4.97. The van der Waals surface area contributed by atoms with Crippen molar-refractivity contribution in [2.75, 3.05) is 6.54 Å². The molecule has 1 aromatic carbocycles. The predicted octanol–water partition coefficient (Wildman–Crippen LogP) is 2.06. The predicted molar refractivity (Wildman–Crippen MR) is 77.8 cm³/mol. The van der Waals surface area contributed by atoms with Crippen LogP contribution < -0.4 is 11.1 Å². The lowest BCUT2D eigenvalue weighted by Gasteiger charge is -2.16. The Morgan fingerprint density at radius 3 is 2.42 bits per heavy atom. The van der Waals surface area contributed by atoms with Crippen molar-refractivity contribution in [1.29, 1.82) is 0 Å². The molecule has 19 heavy (non-hydrogen) atoms. The molecule has 4 N–H and O–H groups in total. The Kier molecular flexibility index (Phi) is 5.47. The van der Waals surface area contributed by atoms with Gasteiger partial charge in [0.05, 0.1) is 11.6 Å². The smallest absolute Gasteiger partial charge is 0.240 e. The van der Waals surface area contributed by atoms with Crippen LogP contribution in [0.15, 0.2) is 18.2 Å². The molecule has 1 saturated carbocycles. The monoisotopic (exact) mass is 324 g/mol. The Hall–Kier alpha value is -0.520. The molecular formula is C12H15Cl3N2O2. The van der Waals surface area contributed by atoms with Crippen molar-refractivity contribution in [3.8, 4) is 0 Å². The average molecular weight is 326 g/mol. The highest BCUT2D eigenvalue weighted by molar-refractivity contribution is 6.36. The molecule has 1 aliphatic carbocycles. The van der Waals surface area contributed by atoms with Gasteiger partial charge in [0.2, 0.25) is 5.91 Å². The van der Waals surface area contributed by atoms with Gasteiger partial charge in [-0.25, -0.2) is 0 Å². The second-order valence-electron chi connectivity index (χ2n) is 4.52. The van der Waals surface area contributed by atoms with Crippen LogP contribution in [0, 0.1) is 0 Å². The summed E-state index contributed by atoms with van der Waals surface area (Å²) in [6.45, 7) is 0.0429. The molecule has 4 nitrogen and oxygen atoms in total. The molecule has 1 aromatic rings. The van der Waals surface area contributed by atoms with E-state index >= 15 is 0 Å². The molecule has 1 fully saturated rings. The number of halogens is 3. The molecular weight excluding hydrogens is 311 g/mol. The quantitative estimate of drug-likeness (QED) is 0.793. The molecule has 0 spiro atoms. The maximum atomic E-state index is 11.6. The summed E-state index contributed by atoms with van der Waals surface area (Å²) in [5, 5.41) is 13.3. The van der Waals surface area contributed by atoms with Crippen LogP contribution in [0.3, 0.4) is 0 Å². The second-order valence-corrected chi connectivity index (χ2v) is 5.33. The maximum absolute atomic E-state index is 11.6. The van der Waals surface area contributed by atoms with E-state index in [0.29, 0.717) is 28.5 Å². The maximum Gasteiger partial charge on any atom is 0.240 e. The molecule has 2 rings (SSSR count). The molecule has 1 aliphatic rings. The van der Waals surface area contributed by atoms with Gasteiger partial charge in [0.25, 0.3) is 0 Å². The van der Waals surface area contributed by atoms with Gasteiger partial charge in [0.1, 0.15) is 0 Å². The number of carbonyl (C=O) groups is 1. The number of nitrogens with one attached hydrogen (secondary N) is 1. The molecule has 1 amide bonds. The van der Waals surface area contributed by atoms with Crippen molar-refractivity contribution in [2.24, 2.45) is 5.73 Å². The van der Waals surface area contributed by atoms with E-state index in [0.717, 1.165) is 0 Å². The largest absolute Gasteiger partial charge is 0.386 e. The molecule has 0 aliphatic heterocycles. The third-order valence-electron chi connectivity index (χ3n) is 3.03. The van der Waals surface area contributed by atoms with Crippen molar-refractivity contribution in [1.82, 2.24) is 5.32 Å². The Labute approximate surface area is 127 Å². The van der Waals surface area contributed by atoms with Crippen molar-refractivity contribution in [3.05, 3.63) is 33.8 Å². The molecule has 1 unspecified atom stereocenters. The molecule has 0 aromatic heterocycles. The summed E-state index contributed by atoms with van der Waals surface area (Å²) in [6.07, 6.45) is 0.418. The fraction of sp³-hybridized carbons (Fsp3) is 0.417. The van der Waals surface area contributed by atoms with Crippen molar-refractivity contribution in [2.45, 2.75) is 24.5 Å². The van der Waals surface area contributed by atoms with Gasteiger partial charge in [-0.05, 0) is 25.0 Å². The first-order chi connectivity index (χ1) is 8.44. The Bertz CT molecular complexity index is 458. The number of benzene rings is 1. The van der Waals surface area contributed by atoms with E-state index in [4.69, 9.17) is 28.9 Å². The molecule has 0 heterocycles. The molecule has 0 bridgehead atoms. The first-order valence-corrected chi connectivity index (χ1v) is 6.39. The van der Waals surface area contributed by atoms with Gasteiger partial charge in [-0.15, -0.1) is 12.4 Å². The average Bonchev–Trinajstić information content (AvgIpc) is 3.05. The van der Waals surface area contributed by atoms with Gasteiger partial charge in [-0.2, -0.15) is 0 Å². The topological polar surface area (TPSA) is 75.4 Å². The van der Waals surface area contributed by atoms with E-state index in [1.165, 1.54) is 0 Å². The summed E-state index contributed by atoms with van der Waals surface area (Å²) in [7, 11) is 0. The molecule has 7 heteroatoms. The van der Waals surface area contributed by atoms with Gasteiger partial charge >= 0.3 is 0 Å². The first kappa shape index (κ1) is 16.5. The van der Waals surface area contributed by atoms with Gasteiger partial charge in [-0.3, -0.25) is 4.79 Å². The van der Waals surface area contributed by atoms with Crippen LogP contribution >= 0.6 is 35.6 Å². The number of carbonyl (C=O) groups excluding carboxylic acids is 1. The lowest BCUT2D eigenvalue weighted by Crippen LogP contribution is -2.44. The number of aliphatic hydroxyl groups excluding tert-OH is 1. The fourth-order valence-corrected chi connectivity index (χ4v) is 2.31. The van der Waals surface area contributed by atoms with Gasteiger partial charge in [0, 0.05) is 22.2 Å². The number of hydrogen-bond donors (Lipinski definition) is 3. The Morgan fingerprint density at radius 2 is 1.95 bits per heavy atom. The third kappa shape index (κ3) is 3.74.